The van der Waals surface area contributed by atoms with Crippen molar-refractivity contribution in [3.05, 3.63) is 150 Å². The third-order valence-corrected chi connectivity index (χ3v) is 8.81. The highest BCUT2D eigenvalue weighted by atomic mass is 32.1. The van der Waals surface area contributed by atoms with Gasteiger partial charge in [-0.2, -0.15) is 0 Å². The fourth-order valence-electron chi connectivity index (χ4n) is 6.02. The molecule has 3 aromatic carbocycles. The number of thiazole rings is 1. The van der Waals surface area contributed by atoms with Crippen molar-refractivity contribution in [1.29, 1.82) is 0 Å². The van der Waals surface area contributed by atoms with Crippen LogP contribution in [-0.4, -0.2) is 9.13 Å². The molecule has 0 saturated heterocycles. The molecule has 3 heterocycles. The molecule has 1 aliphatic heterocycles. The lowest BCUT2D eigenvalue weighted by atomic mass is 9.83. The van der Waals surface area contributed by atoms with E-state index in [2.05, 4.69) is 47.0 Å². The summed E-state index contributed by atoms with van der Waals surface area (Å²) in [6.07, 6.45) is 3.79. The molecule has 5 aromatic rings. The second-order valence-corrected chi connectivity index (χ2v) is 11.2. The van der Waals surface area contributed by atoms with Crippen LogP contribution in [0.25, 0.3) is 17.5 Å². The van der Waals surface area contributed by atoms with E-state index in [9.17, 15) is 9.18 Å². The number of aryl methyl sites for hydroxylation is 2. The van der Waals surface area contributed by atoms with E-state index < -0.39 is 0 Å². The van der Waals surface area contributed by atoms with Gasteiger partial charge >= 0.3 is 0 Å². The van der Waals surface area contributed by atoms with Crippen LogP contribution < -0.4 is 14.9 Å². The topological polar surface area (TPSA) is 39.3 Å². The molecule has 7 rings (SSSR count). The molecule has 0 unspecified atom stereocenters. The maximum absolute atomic E-state index is 14.0. The summed E-state index contributed by atoms with van der Waals surface area (Å²) >= 11 is 1.44. The van der Waals surface area contributed by atoms with Crippen LogP contribution >= 0.6 is 11.3 Å². The Bertz CT molecular complexity index is 1960. The standard InChI is InChI=1S/C33H26FN3OS/c1-20-18-24(21(2)36(20)26-15-13-25(34)14-16-26)19-29-32(38)37-31(23-9-4-3-5-10-23)28-17-12-22-8-6-7-11-27(22)30(28)35-33(37)39-29/h3-11,13-16,18-19,31H,12,17H2,1-2H3/b29-19-/t31-/m1/s1. The normalized spacial score (nSPS) is 16.5. The summed E-state index contributed by atoms with van der Waals surface area (Å²) in [6.45, 7) is 4.05. The third kappa shape index (κ3) is 3.86. The van der Waals surface area contributed by atoms with Gasteiger partial charge in [-0.1, -0.05) is 65.9 Å². The number of rotatable bonds is 3. The van der Waals surface area contributed by atoms with Crippen LogP contribution in [0.3, 0.4) is 0 Å². The van der Waals surface area contributed by atoms with E-state index in [1.807, 2.05) is 42.7 Å². The molecule has 192 valence electrons. The average Bonchev–Trinajstić information content (AvgIpc) is 3.42. The predicted molar refractivity (Wildman–Crippen MR) is 154 cm³/mol. The van der Waals surface area contributed by atoms with E-state index >= 15 is 0 Å². The zero-order valence-electron chi connectivity index (χ0n) is 21.7. The summed E-state index contributed by atoms with van der Waals surface area (Å²) in [5.74, 6) is -0.263. The van der Waals surface area contributed by atoms with Crippen LogP contribution in [-0.2, 0) is 6.42 Å². The Morgan fingerprint density at radius 3 is 2.49 bits per heavy atom. The van der Waals surface area contributed by atoms with E-state index in [4.69, 9.17) is 4.99 Å². The molecule has 0 radical (unpaired) electrons. The predicted octanol–water partition coefficient (Wildman–Crippen LogP) is 5.87. The fourth-order valence-corrected chi connectivity index (χ4v) is 7.01. The summed E-state index contributed by atoms with van der Waals surface area (Å²) in [6, 6.07) is 27.1. The van der Waals surface area contributed by atoms with Crippen LogP contribution in [0.2, 0.25) is 0 Å². The molecule has 1 aliphatic carbocycles. The van der Waals surface area contributed by atoms with Gasteiger partial charge in [-0.15, -0.1) is 0 Å². The maximum atomic E-state index is 14.0. The highest BCUT2D eigenvalue weighted by molar-refractivity contribution is 7.07. The Hall–Kier alpha value is -4.29. The highest BCUT2D eigenvalue weighted by Crippen LogP contribution is 2.41. The van der Waals surface area contributed by atoms with Crippen molar-refractivity contribution in [3.63, 3.8) is 0 Å². The molecule has 39 heavy (non-hydrogen) atoms. The lowest BCUT2D eigenvalue weighted by Gasteiger charge is -2.30. The van der Waals surface area contributed by atoms with Crippen LogP contribution in [0.4, 0.5) is 4.39 Å². The SMILES string of the molecule is Cc1cc(/C=c2\sc3n(c2=O)[C@H](c2ccccc2)C2=C(N=3)c3ccccc3CC2)c(C)n1-c1ccc(F)cc1. The highest BCUT2D eigenvalue weighted by Gasteiger charge is 2.32. The number of aromatic nitrogens is 2. The molecule has 4 nitrogen and oxygen atoms in total. The Kier molecular flexibility index (Phi) is 5.60. The van der Waals surface area contributed by atoms with Crippen molar-refractivity contribution in [3.8, 4) is 5.69 Å². The van der Waals surface area contributed by atoms with Crippen LogP contribution in [0.15, 0.2) is 100 Å². The van der Waals surface area contributed by atoms with E-state index in [1.54, 1.807) is 12.1 Å². The lowest BCUT2D eigenvalue weighted by molar-refractivity contribution is 0.585. The molecule has 0 spiro atoms. The molecule has 0 saturated carbocycles. The molecular weight excluding hydrogens is 505 g/mol. The quantitative estimate of drug-likeness (QED) is 0.287. The molecular formula is C33H26FN3OS. The van der Waals surface area contributed by atoms with Crippen LogP contribution in [0, 0.1) is 19.7 Å². The van der Waals surface area contributed by atoms with Crippen LogP contribution in [0.5, 0.6) is 0 Å². The van der Waals surface area contributed by atoms with Gasteiger partial charge in [-0.05, 0) is 85.4 Å². The van der Waals surface area contributed by atoms with Gasteiger partial charge < -0.3 is 4.57 Å². The maximum Gasteiger partial charge on any atom is 0.271 e. The number of allylic oxidation sites excluding steroid dienone is 1. The molecule has 2 aliphatic rings. The molecule has 0 N–H and O–H groups in total. The van der Waals surface area contributed by atoms with Gasteiger partial charge in [0.1, 0.15) is 5.82 Å². The zero-order chi connectivity index (χ0) is 26.7. The van der Waals surface area contributed by atoms with Crippen LogP contribution in [0.1, 0.15) is 46.1 Å². The summed E-state index contributed by atoms with van der Waals surface area (Å²) in [4.78, 5) is 19.9. The number of benzene rings is 3. The first-order valence-corrected chi connectivity index (χ1v) is 13.9. The van der Waals surface area contributed by atoms with E-state index in [1.165, 1.54) is 40.2 Å². The largest absolute Gasteiger partial charge is 0.318 e. The number of nitrogens with zero attached hydrogens (tertiary/aromatic N) is 3. The number of hydrogen-bond donors (Lipinski definition) is 0. The molecule has 0 bridgehead atoms. The van der Waals surface area contributed by atoms with Gasteiger partial charge in [0, 0.05) is 22.6 Å². The van der Waals surface area contributed by atoms with E-state index in [0.29, 0.717) is 4.53 Å². The second kappa shape index (κ2) is 9.17. The van der Waals surface area contributed by atoms with Crippen molar-refractivity contribution in [1.82, 2.24) is 9.13 Å². The Morgan fingerprint density at radius 1 is 0.949 bits per heavy atom. The average molecular weight is 532 g/mol. The zero-order valence-corrected chi connectivity index (χ0v) is 22.5. The fraction of sp³-hybridized carbons (Fsp3) is 0.152. The van der Waals surface area contributed by atoms with Gasteiger partial charge in [0.2, 0.25) is 0 Å². The lowest BCUT2D eigenvalue weighted by Crippen LogP contribution is -2.38. The minimum absolute atomic E-state index is 0.0235. The van der Waals surface area contributed by atoms with Gasteiger partial charge in [0.15, 0.2) is 4.80 Å². The Balaban J connectivity index is 1.43. The van der Waals surface area contributed by atoms with Gasteiger partial charge in [0.25, 0.3) is 5.56 Å². The van der Waals surface area contributed by atoms with Crippen molar-refractivity contribution in [2.75, 3.05) is 0 Å². The van der Waals surface area contributed by atoms with Gasteiger partial charge in [-0.3, -0.25) is 9.36 Å². The molecule has 6 heteroatoms. The number of hydrogen-bond acceptors (Lipinski definition) is 3. The van der Waals surface area contributed by atoms with Crippen molar-refractivity contribution in [2.45, 2.75) is 32.7 Å². The molecule has 0 fully saturated rings. The van der Waals surface area contributed by atoms with Gasteiger partial charge in [-0.25, -0.2) is 9.38 Å². The summed E-state index contributed by atoms with van der Waals surface area (Å²) < 4.78 is 18.2. The Morgan fingerprint density at radius 2 is 1.69 bits per heavy atom. The van der Waals surface area contributed by atoms with Gasteiger partial charge in [0.05, 0.1) is 16.3 Å². The molecule has 1 atom stereocenters. The molecule has 0 amide bonds. The smallest absolute Gasteiger partial charge is 0.271 e. The second-order valence-electron chi connectivity index (χ2n) is 10.2. The minimum atomic E-state index is -0.263. The summed E-state index contributed by atoms with van der Waals surface area (Å²) in [7, 11) is 0. The number of fused-ring (bicyclic) bond motifs is 3. The summed E-state index contributed by atoms with van der Waals surface area (Å²) in [5, 5.41) is 0. The van der Waals surface area contributed by atoms with Crippen molar-refractivity contribution < 1.29 is 4.39 Å². The first-order chi connectivity index (χ1) is 19.0. The monoisotopic (exact) mass is 531 g/mol. The first kappa shape index (κ1) is 23.8. The third-order valence-electron chi connectivity index (χ3n) is 7.83. The molecule has 2 aromatic heterocycles. The number of halogens is 1. The summed E-state index contributed by atoms with van der Waals surface area (Å²) in [5.41, 5.74) is 9.63. The first-order valence-electron chi connectivity index (χ1n) is 13.1. The Labute approximate surface area is 229 Å². The minimum Gasteiger partial charge on any atom is -0.318 e. The van der Waals surface area contributed by atoms with E-state index in [0.717, 1.165) is 51.5 Å². The van der Waals surface area contributed by atoms with E-state index in [-0.39, 0.29) is 17.4 Å². The van der Waals surface area contributed by atoms with Crippen molar-refractivity contribution >= 4 is 23.1 Å². The van der Waals surface area contributed by atoms with Crippen molar-refractivity contribution in [2.24, 2.45) is 4.99 Å².